The summed E-state index contributed by atoms with van der Waals surface area (Å²) in [6.45, 7) is 4.53. The molecule has 3 aromatic rings. The van der Waals surface area contributed by atoms with E-state index in [1.165, 1.54) is 0 Å². The van der Waals surface area contributed by atoms with E-state index in [0.717, 1.165) is 41.0 Å². The summed E-state index contributed by atoms with van der Waals surface area (Å²) in [6.07, 6.45) is 0.630. The number of benzene rings is 2. The number of ether oxygens (including phenoxy) is 1. The molecule has 0 amide bonds. The normalized spacial score (nSPS) is 15.7. The number of fused-ring (bicyclic) bond motifs is 1. The Bertz CT molecular complexity index is 1000. The Labute approximate surface area is 174 Å². The van der Waals surface area contributed by atoms with Crippen LogP contribution in [0.3, 0.4) is 0 Å². The lowest BCUT2D eigenvalue weighted by atomic mass is 9.98. The van der Waals surface area contributed by atoms with E-state index < -0.39 is 0 Å². The van der Waals surface area contributed by atoms with Crippen LogP contribution in [-0.2, 0) is 16.1 Å². The van der Waals surface area contributed by atoms with E-state index in [1.807, 2.05) is 62.4 Å². The molecule has 0 spiro atoms. The summed E-state index contributed by atoms with van der Waals surface area (Å²) in [7, 11) is 0. The van der Waals surface area contributed by atoms with Crippen molar-refractivity contribution in [1.82, 2.24) is 4.57 Å². The van der Waals surface area contributed by atoms with Gasteiger partial charge in [-0.3, -0.25) is 4.79 Å². The van der Waals surface area contributed by atoms with Gasteiger partial charge in [-0.25, -0.2) is 0 Å². The van der Waals surface area contributed by atoms with Crippen LogP contribution < -0.4 is 0 Å². The van der Waals surface area contributed by atoms with Crippen molar-refractivity contribution in [2.24, 2.45) is 0 Å². The van der Waals surface area contributed by atoms with Gasteiger partial charge in [0.25, 0.3) is 0 Å². The van der Waals surface area contributed by atoms with Crippen molar-refractivity contribution in [2.45, 2.75) is 38.8 Å². The van der Waals surface area contributed by atoms with E-state index in [4.69, 9.17) is 27.9 Å². The summed E-state index contributed by atoms with van der Waals surface area (Å²) in [5.41, 5.74) is 5.30. The highest BCUT2D eigenvalue weighted by molar-refractivity contribution is 6.31. The number of halogens is 2. The van der Waals surface area contributed by atoms with Gasteiger partial charge in [0, 0.05) is 27.8 Å². The largest absolute Gasteiger partial charge is 0.462 e. The fourth-order valence-corrected chi connectivity index (χ4v) is 4.08. The van der Waals surface area contributed by atoms with Gasteiger partial charge in [0.1, 0.15) is 0 Å². The Kier molecular flexibility index (Phi) is 5.22. The molecular weight excluding hydrogens is 393 g/mol. The molecule has 144 valence electrons. The summed E-state index contributed by atoms with van der Waals surface area (Å²) >= 11 is 12.2. The van der Waals surface area contributed by atoms with Gasteiger partial charge in [-0.15, -0.1) is 0 Å². The van der Waals surface area contributed by atoms with Crippen LogP contribution in [0.2, 0.25) is 10.0 Å². The van der Waals surface area contributed by atoms with Crippen molar-refractivity contribution in [3.8, 4) is 22.4 Å². The van der Waals surface area contributed by atoms with Gasteiger partial charge in [-0.05, 0) is 61.7 Å². The Morgan fingerprint density at radius 2 is 1.57 bits per heavy atom. The molecule has 2 aromatic carbocycles. The molecule has 0 aliphatic carbocycles. The lowest BCUT2D eigenvalue weighted by Gasteiger charge is -2.12. The second-order valence-corrected chi connectivity index (χ2v) is 8.20. The fraction of sp³-hybridized carbons (Fsp3) is 0.261. The third-order valence-corrected chi connectivity index (χ3v) is 5.54. The number of hydrogen-bond donors (Lipinski definition) is 0. The zero-order valence-corrected chi connectivity index (χ0v) is 17.3. The average molecular weight is 414 g/mol. The predicted octanol–water partition coefficient (Wildman–Crippen LogP) is 6.57. The van der Waals surface area contributed by atoms with E-state index in [9.17, 15) is 4.79 Å². The third-order valence-electron chi connectivity index (χ3n) is 5.04. The van der Waals surface area contributed by atoms with E-state index in [1.54, 1.807) is 0 Å². The van der Waals surface area contributed by atoms with E-state index >= 15 is 0 Å². The lowest BCUT2D eigenvalue weighted by Crippen LogP contribution is -2.17. The first-order valence-electron chi connectivity index (χ1n) is 9.40. The predicted molar refractivity (Wildman–Crippen MR) is 114 cm³/mol. The van der Waals surface area contributed by atoms with E-state index in [-0.39, 0.29) is 18.0 Å². The minimum Gasteiger partial charge on any atom is -0.462 e. The highest BCUT2D eigenvalue weighted by Crippen LogP contribution is 2.43. The SMILES string of the molecule is CC(C)OC(=O)C1CCn2c1cc(-c1ccc(Cl)cc1)c2-c1ccc(Cl)cc1. The van der Waals surface area contributed by atoms with Crippen molar-refractivity contribution in [2.75, 3.05) is 0 Å². The molecule has 1 atom stereocenters. The van der Waals surface area contributed by atoms with Gasteiger partial charge in [0.2, 0.25) is 0 Å². The van der Waals surface area contributed by atoms with Crippen LogP contribution in [0.1, 0.15) is 31.9 Å². The lowest BCUT2D eigenvalue weighted by molar-refractivity contribution is -0.149. The summed E-state index contributed by atoms with van der Waals surface area (Å²) in [4.78, 5) is 12.6. The molecule has 1 aliphatic heterocycles. The first kappa shape index (κ1) is 19.1. The van der Waals surface area contributed by atoms with Crippen LogP contribution in [0.25, 0.3) is 22.4 Å². The second kappa shape index (κ2) is 7.65. The van der Waals surface area contributed by atoms with Crippen LogP contribution in [0.5, 0.6) is 0 Å². The molecule has 28 heavy (non-hydrogen) atoms. The molecule has 3 nitrogen and oxygen atoms in total. The molecule has 0 fully saturated rings. The minimum atomic E-state index is -0.241. The van der Waals surface area contributed by atoms with Gasteiger partial charge in [-0.2, -0.15) is 0 Å². The monoisotopic (exact) mass is 413 g/mol. The molecule has 0 N–H and O–H groups in total. The number of rotatable bonds is 4. The van der Waals surface area contributed by atoms with Crippen molar-refractivity contribution < 1.29 is 9.53 Å². The molecule has 0 saturated heterocycles. The maximum atomic E-state index is 12.6. The van der Waals surface area contributed by atoms with Crippen LogP contribution in [0, 0.1) is 0 Å². The standard InChI is InChI=1S/C23H21Cl2NO2/c1-14(2)28-23(27)19-11-12-26-21(19)13-20(15-3-7-17(24)8-4-15)22(26)16-5-9-18(25)10-6-16/h3-10,13-14,19H,11-12H2,1-2H3. The number of hydrogen-bond acceptors (Lipinski definition) is 2. The van der Waals surface area contributed by atoms with Crippen molar-refractivity contribution in [3.63, 3.8) is 0 Å². The molecule has 1 unspecified atom stereocenters. The maximum absolute atomic E-state index is 12.6. The van der Waals surface area contributed by atoms with Gasteiger partial charge in [0.05, 0.1) is 17.7 Å². The van der Waals surface area contributed by atoms with Gasteiger partial charge in [0.15, 0.2) is 0 Å². The molecule has 1 aliphatic rings. The molecule has 1 aromatic heterocycles. The van der Waals surface area contributed by atoms with Gasteiger partial charge < -0.3 is 9.30 Å². The number of esters is 1. The second-order valence-electron chi connectivity index (χ2n) is 7.32. The average Bonchev–Trinajstić information content (AvgIpc) is 3.22. The minimum absolute atomic E-state index is 0.122. The Hall–Kier alpha value is -2.23. The Balaban J connectivity index is 1.85. The molecular formula is C23H21Cl2NO2. The van der Waals surface area contributed by atoms with Crippen LogP contribution in [0.4, 0.5) is 0 Å². The molecule has 5 heteroatoms. The number of carbonyl (C=O) groups is 1. The maximum Gasteiger partial charge on any atom is 0.315 e. The quantitative estimate of drug-likeness (QED) is 0.452. The first-order chi connectivity index (χ1) is 13.4. The summed E-state index contributed by atoms with van der Waals surface area (Å²) in [5.74, 6) is -0.397. The fourth-order valence-electron chi connectivity index (χ4n) is 3.83. The van der Waals surface area contributed by atoms with Gasteiger partial charge >= 0.3 is 5.97 Å². The van der Waals surface area contributed by atoms with Crippen molar-refractivity contribution in [1.29, 1.82) is 0 Å². The summed E-state index contributed by atoms with van der Waals surface area (Å²) < 4.78 is 7.73. The Morgan fingerprint density at radius 3 is 2.14 bits per heavy atom. The smallest absolute Gasteiger partial charge is 0.315 e. The number of aromatic nitrogens is 1. The Morgan fingerprint density at radius 1 is 1.00 bits per heavy atom. The molecule has 0 bridgehead atoms. The summed E-state index contributed by atoms with van der Waals surface area (Å²) in [5, 5.41) is 1.39. The van der Waals surface area contributed by atoms with Crippen LogP contribution in [0.15, 0.2) is 54.6 Å². The third kappa shape index (κ3) is 3.57. The van der Waals surface area contributed by atoms with Crippen molar-refractivity contribution >= 4 is 29.2 Å². The molecule has 4 rings (SSSR count). The molecule has 2 heterocycles. The topological polar surface area (TPSA) is 31.2 Å². The first-order valence-corrected chi connectivity index (χ1v) is 10.2. The zero-order chi connectivity index (χ0) is 19.8. The number of nitrogens with zero attached hydrogens (tertiary/aromatic N) is 1. The van der Waals surface area contributed by atoms with E-state index in [0.29, 0.717) is 10.0 Å². The van der Waals surface area contributed by atoms with Gasteiger partial charge in [-0.1, -0.05) is 47.5 Å². The molecule has 0 saturated carbocycles. The molecule has 0 radical (unpaired) electrons. The highest BCUT2D eigenvalue weighted by Gasteiger charge is 2.34. The van der Waals surface area contributed by atoms with Crippen LogP contribution >= 0.6 is 23.2 Å². The zero-order valence-electron chi connectivity index (χ0n) is 15.8. The van der Waals surface area contributed by atoms with Crippen molar-refractivity contribution in [3.05, 3.63) is 70.3 Å². The summed E-state index contributed by atoms with van der Waals surface area (Å²) in [6, 6.07) is 17.7. The number of carbonyl (C=O) groups excluding carboxylic acids is 1. The van der Waals surface area contributed by atoms with Crippen LogP contribution in [-0.4, -0.2) is 16.6 Å². The van der Waals surface area contributed by atoms with E-state index in [2.05, 4.69) is 10.6 Å². The highest BCUT2D eigenvalue weighted by atomic mass is 35.5.